The van der Waals surface area contributed by atoms with Gasteiger partial charge >= 0.3 is 0 Å². The van der Waals surface area contributed by atoms with Gasteiger partial charge in [-0.15, -0.1) is 0 Å². The zero-order valence-electron chi connectivity index (χ0n) is 20.7. The number of ether oxygens (including phenoxy) is 6. The third-order valence-electron chi connectivity index (χ3n) is 5.89. The van der Waals surface area contributed by atoms with Crippen molar-refractivity contribution in [3.05, 3.63) is 0 Å². The van der Waals surface area contributed by atoms with Crippen molar-refractivity contribution in [2.45, 2.75) is 79.8 Å². The molecule has 0 amide bonds. The predicted molar refractivity (Wildman–Crippen MR) is 133 cm³/mol. The van der Waals surface area contributed by atoms with E-state index in [4.69, 9.17) is 28.4 Å². The Labute approximate surface area is 187 Å². The van der Waals surface area contributed by atoms with Gasteiger partial charge in [0.05, 0.1) is 36.6 Å². The monoisotopic (exact) mass is 484 g/mol. The summed E-state index contributed by atoms with van der Waals surface area (Å²) in [7, 11) is 7.79. The van der Waals surface area contributed by atoms with Gasteiger partial charge in [-0.3, -0.25) is 0 Å². The fourth-order valence-corrected chi connectivity index (χ4v) is 21.8. The molecule has 0 bridgehead atoms. The summed E-state index contributed by atoms with van der Waals surface area (Å²) in [5, 5.41) is 0. The molecule has 29 heavy (non-hydrogen) atoms. The van der Waals surface area contributed by atoms with Crippen LogP contribution >= 0.6 is 0 Å². The molecule has 0 saturated carbocycles. The lowest BCUT2D eigenvalue weighted by molar-refractivity contribution is -0.0447. The van der Waals surface area contributed by atoms with Crippen LogP contribution in [0.1, 0.15) is 20.8 Å². The second-order valence-electron chi connectivity index (χ2n) is 9.15. The molecule has 0 fully saturated rings. The Hall–Kier alpha value is 0.628. The maximum atomic E-state index is 5.51. The van der Waals surface area contributed by atoms with Gasteiger partial charge in [-0.05, 0) is 0 Å². The van der Waals surface area contributed by atoms with E-state index in [1.807, 2.05) is 0 Å². The second-order valence-corrected chi connectivity index (χ2v) is 21.6. The predicted octanol–water partition coefficient (Wildman–Crippen LogP) is 1.73. The molecule has 0 N–H and O–H groups in total. The zero-order chi connectivity index (χ0) is 22.4. The molecule has 0 aliphatic carbocycles. The SMILES string of the molecule is COC(OC)[SiH2]C(C)C[Si](C)(CC(C)[SiH2]C(OC)OC)CC(C)[SiH2]C(OC)OC. The van der Waals surface area contributed by atoms with Crippen LogP contribution in [0.15, 0.2) is 0 Å². The average Bonchev–Trinajstić information content (AvgIpc) is 2.67. The van der Waals surface area contributed by atoms with Gasteiger partial charge in [0.1, 0.15) is 17.7 Å². The number of hydrogen-bond donors (Lipinski definition) is 0. The van der Waals surface area contributed by atoms with E-state index in [-0.39, 0.29) is 17.7 Å². The van der Waals surface area contributed by atoms with E-state index in [9.17, 15) is 0 Å². The Morgan fingerprint density at radius 1 is 0.517 bits per heavy atom. The molecule has 0 aromatic carbocycles. The molecule has 3 unspecified atom stereocenters. The minimum Gasteiger partial charge on any atom is -0.360 e. The van der Waals surface area contributed by atoms with Gasteiger partial charge in [-0.25, -0.2) is 0 Å². The van der Waals surface area contributed by atoms with Crippen LogP contribution < -0.4 is 0 Å². The molecule has 0 aromatic rings. The summed E-state index contributed by atoms with van der Waals surface area (Å²) < 4.78 is 33.1. The number of rotatable bonds is 18. The minimum atomic E-state index is -1.44. The van der Waals surface area contributed by atoms with Gasteiger partial charge in [-0.1, -0.05) is 62.1 Å². The Balaban J connectivity index is 5.17. The largest absolute Gasteiger partial charge is 0.360 e. The van der Waals surface area contributed by atoms with Crippen molar-refractivity contribution >= 4 is 36.6 Å². The van der Waals surface area contributed by atoms with Crippen LogP contribution in [0.2, 0.25) is 41.3 Å². The fourth-order valence-electron chi connectivity index (χ4n) is 4.88. The molecule has 0 aliphatic rings. The highest BCUT2D eigenvalue weighted by Gasteiger charge is 2.34. The van der Waals surface area contributed by atoms with Crippen LogP contribution in [0.4, 0.5) is 0 Å². The van der Waals surface area contributed by atoms with E-state index in [0.29, 0.717) is 0 Å². The average molecular weight is 485 g/mol. The van der Waals surface area contributed by atoms with E-state index < -0.39 is 36.6 Å². The van der Waals surface area contributed by atoms with Gasteiger partial charge in [0.15, 0.2) is 0 Å². The van der Waals surface area contributed by atoms with Crippen molar-refractivity contribution in [3.63, 3.8) is 0 Å². The first kappa shape index (κ1) is 29.6. The summed E-state index contributed by atoms with van der Waals surface area (Å²) in [5.41, 5.74) is 2.17. The van der Waals surface area contributed by atoms with Crippen molar-refractivity contribution < 1.29 is 28.4 Å². The van der Waals surface area contributed by atoms with Gasteiger partial charge in [0.25, 0.3) is 0 Å². The first-order valence-electron chi connectivity index (χ1n) is 10.8. The highest BCUT2D eigenvalue weighted by molar-refractivity contribution is 6.81. The number of hydrogen-bond acceptors (Lipinski definition) is 6. The molecule has 0 radical (unpaired) electrons. The van der Waals surface area contributed by atoms with Gasteiger partial charge in [-0.2, -0.15) is 0 Å². The smallest absolute Gasteiger partial charge is 0.134 e. The van der Waals surface area contributed by atoms with Crippen molar-refractivity contribution in [1.29, 1.82) is 0 Å². The van der Waals surface area contributed by atoms with Crippen molar-refractivity contribution in [3.8, 4) is 0 Å². The molecule has 0 heterocycles. The van der Waals surface area contributed by atoms with Crippen molar-refractivity contribution in [1.82, 2.24) is 0 Å². The Morgan fingerprint density at radius 3 is 0.897 bits per heavy atom. The zero-order valence-corrected chi connectivity index (χ0v) is 25.9. The van der Waals surface area contributed by atoms with Gasteiger partial charge < -0.3 is 28.4 Å². The normalized spacial score (nSPS) is 18.9. The van der Waals surface area contributed by atoms with Gasteiger partial charge in [0.2, 0.25) is 0 Å². The van der Waals surface area contributed by atoms with Crippen LogP contribution in [0, 0.1) is 0 Å². The molecule has 0 aliphatic heterocycles. The standard InChI is InChI=1S/C19H48O6Si4/c1-14(26-17(20-4)21-5)11-29(10,12-15(2)27-18(22-6)23-7)13-16(3)28-19(24-8)25-9/h14-19H,11-13,26-28H2,1-10H3. The lowest BCUT2D eigenvalue weighted by Gasteiger charge is -2.36. The first-order valence-corrected chi connectivity index (χ1v) is 18.9. The lowest BCUT2D eigenvalue weighted by atomic mass is 10.5. The van der Waals surface area contributed by atoms with Crippen molar-refractivity contribution in [2.75, 3.05) is 42.7 Å². The van der Waals surface area contributed by atoms with Crippen LogP contribution in [0.25, 0.3) is 0 Å². The quantitative estimate of drug-likeness (QED) is 0.218. The molecule has 0 spiro atoms. The topological polar surface area (TPSA) is 55.4 Å². The van der Waals surface area contributed by atoms with Crippen LogP contribution in [-0.2, 0) is 28.4 Å². The fraction of sp³-hybridized carbons (Fsp3) is 1.00. The minimum absolute atomic E-state index is 0.0274. The summed E-state index contributed by atoms with van der Waals surface area (Å²) in [6.07, 6.45) is 0. The highest BCUT2D eigenvalue weighted by atomic mass is 28.3. The van der Waals surface area contributed by atoms with E-state index in [0.717, 1.165) is 16.6 Å². The molecule has 0 aromatic heterocycles. The summed E-state index contributed by atoms with van der Waals surface area (Å²) in [4.78, 5) is 0. The third kappa shape index (κ3) is 12.9. The molecular weight excluding hydrogens is 437 g/mol. The summed E-state index contributed by atoms with van der Waals surface area (Å²) in [6, 6.07) is 4.07. The molecule has 6 nitrogen and oxygen atoms in total. The molecule has 176 valence electrons. The molecule has 0 saturated heterocycles. The molecule has 10 heteroatoms. The van der Waals surface area contributed by atoms with Crippen LogP contribution in [0.5, 0.6) is 0 Å². The highest BCUT2D eigenvalue weighted by Crippen LogP contribution is 2.37. The molecular formula is C19H48O6Si4. The third-order valence-corrected chi connectivity index (χ3v) is 19.1. The van der Waals surface area contributed by atoms with E-state index in [2.05, 4.69) is 27.3 Å². The van der Waals surface area contributed by atoms with Crippen LogP contribution in [0.3, 0.4) is 0 Å². The Kier molecular flexibility index (Phi) is 16.6. The maximum Gasteiger partial charge on any atom is 0.134 e. The molecule has 0 rings (SSSR count). The van der Waals surface area contributed by atoms with E-state index in [1.165, 1.54) is 18.1 Å². The first-order chi connectivity index (χ1) is 13.7. The second kappa shape index (κ2) is 16.3. The maximum absolute atomic E-state index is 5.51. The summed E-state index contributed by atoms with van der Waals surface area (Å²) >= 11 is 0. The summed E-state index contributed by atoms with van der Waals surface area (Å²) in [6.45, 7) is 9.85. The van der Waals surface area contributed by atoms with E-state index in [1.54, 1.807) is 42.7 Å². The Morgan fingerprint density at radius 2 is 0.724 bits per heavy atom. The van der Waals surface area contributed by atoms with Crippen LogP contribution in [-0.4, -0.2) is 97.0 Å². The summed E-state index contributed by atoms with van der Waals surface area (Å²) in [5.74, 6) is 0.0821. The Bertz CT molecular complexity index is 340. The van der Waals surface area contributed by atoms with E-state index >= 15 is 0 Å². The lowest BCUT2D eigenvalue weighted by Crippen LogP contribution is -2.39. The molecule has 3 atom stereocenters. The van der Waals surface area contributed by atoms with Gasteiger partial charge in [0, 0.05) is 42.7 Å². The van der Waals surface area contributed by atoms with Crippen molar-refractivity contribution in [2.24, 2.45) is 0 Å². The number of methoxy groups -OCH3 is 6.